The number of hydrogen-bond acceptors (Lipinski definition) is 1. The molecule has 0 saturated heterocycles. The molecule has 0 aliphatic carbocycles. The Balaban J connectivity index is 2.06. The minimum atomic E-state index is 0.0693. The third kappa shape index (κ3) is 2.44. The van der Waals surface area contributed by atoms with E-state index in [0.717, 1.165) is 22.1 Å². The van der Waals surface area contributed by atoms with Gasteiger partial charge in [-0.25, -0.2) is 0 Å². The van der Waals surface area contributed by atoms with Crippen molar-refractivity contribution in [3.05, 3.63) is 70.3 Å². The smallest absolute Gasteiger partial charge is 0.0702 e. The average Bonchev–Trinajstić information content (AvgIpc) is 2.82. The summed E-state index contributed by atoms with van der Waals surface area (Å²) in [5, 5.41) is 10.6. The molecular weight excluding hydrogens is 302 g/mol. The van der Waals surface area contributed by atoms with Crippen LogP contribution in [0.3, 0.4) is 0 Å². The maximum absolute atomic E-state index is 9.47. The fourth-order valence-electron chi connectivity index (χ4n) is 2.43. The highest BCUT2D eigenvalue weighted by Gasteiger charge is 2.06. The summed E-state index contributed by atoms with van der Waals surface area (Å²) in [6.07, 6.45) is 2.07. The van der Waals surface area contributed by atoms with Crippen LogP contribution in [0.4, 0.5) is 0 Å². The lowest BCUT2D eigenvalue weighted by molar-refractivity contribution is 0.283. The van der Waals surface area contributed by atoms with Gasteiger partial charge in [0.05, 0.1) is 12.1 Å². The van der Waals surface area contributed by atoms with Gasteiger partial charge in [0.25, 0.3) is 0 Å². The molecule has 0 bridgehead atoms. The SMILES string of the molecule is OCc1cccc2ccn(Cc3cccc(Br)c3)c12. The minimum Gasteiger partial charge on any atom is -0.392 e. The second-order valence-corrected chi connectivity index (χ2v) is 5.50. The van der Waals surface area contributed by atoms with E-state index < -0.39 is 0 Å². The number of aliphatic hydroxyl groups is 1. The van der Waals surface area contributed by atoms with Gasteiger partial charge in [-0.1, -0.05) is 46.3 Å². The predicted molar refractivity (Wildman–Crippen MR) is 81.1 cm³/mol. The summed E-state index contributed by atoms with van der Waals surface area (Å²) in [6.45, 7) is 0.875. The van der Waals surface area contributed by atoms with Gasteiger partial charge in [0.2, 0.25) is 0 Å². The number of benzene rings is 2. The fraction of sp³-hybridized carbons (Fsp3) is 0.125. The molecule has 3 aromatic rings. The lowest BCUT2D eigenvalue weighted by Crippen LogP contribution is -2.00. The zero-order valence-electron chi connectivity index (χ0n) is 10.4. The summed E-state index contributed by atoms with van der Waals surface area (Å²) in [5.74, 6) is 0. The lowest BCUT2D eigenvalue weighted by atomic mass is 10.1. The lowest BCUT2D eigenvalue weighted by Gasteiger charge is -2.09. The van der Waals surface area contributed by atoms with Crippen LogP contribution in [0.5, 0.6) is 0 Å². The first-order valence-corrected chi connectivity index (χ1v) is 6.99. The maximum Gasteiger partial charge on any atom is 0.0702 e. The summed E-state index contributed by atoms with van der Waals surface area (Å²) in [5.41, 5.74) is 3.32. The topological polar surface area (TPSA) is 25.2 Å². The van der Waals surface area contributed by atoms with Gasteiger partial charge in [-0.05, 0) is 29.1 Å². The molecule has 0 radical (unpaired) electrons. The average molecular weight is 316 g/mol. The first-order valence-electron chi connectivity index (χ1n) is 6.20. The van der Waals surface area contributed by atoms with E-state index in [0.29, 0.717) is 0 Å². The number of hydrogen-bond donors (Lipinski definition) is 1. The van der Waals surface area contributed by atoms with E-state index in [4.69, 9.17) is 0 Å². The van der Waals surface area contributed by atoms with E-state index in [1.165, 1.54) is 10.9 Å². The van der Waals surface area contributed by atoms with Crippen molar-refractivity contribution < 1.29 is 5.11 Å². The van der Waals surface area contributed by atoms with E-state index in [-0.39, 0.29) is 6.61 Å². The third-order valence-corrected chi connectivity index (χ3v) is 3.78. The number of para-hydroxylation sites is 1. The standard InChI is InChI=1S/C16H14BrNO/c17-15-6-1-3-12(9-15)10-18-8-7-13-4-2-5-14(11-19)16(13)18/h1-9,19H,10-11H2. The Hall–Kier alpha value is -1.58. The highest BCUT2D eigenvalue weighted by atomic mass is 79.9. The minimum absolute atomic E-state index is 0.0693. The number of aliphatic hydroxyl groups excluding tert-OH is 1. The fourth-order valence-corrected chi connectivity index (χ4v) is 2.88. The van der Waals surface area contributed by atoms with Crippen LogP contribution < -0.4 is 0 Å². The van der Waals surface area contributed by atoms with E-state index >= 15 is 0 Å². The predicted octanol–water partition coefficient (Wildman–Crippen LogP) is 3.94. The van der Waals surface area contributed by atoms with Gasteiger partial charge < -0.3 is 9.67 Å². The van der Waals surface area contributed by atoms with Crippen LogP contribution in [-0.2, 0) is 13.2 Å². The first-order chi connectivity index (χ1) is 9.28. The molecule has 0 atom stereocenters. The molecule has 0 spiro atoms. The summed E-state index contributed by atoms with van der Waals surface area (Å²) in [4.78, 5) is 0. The summed E-state index contributed by atoms with van der Waals surface area (Å²) in [6, 6.07) is 16.4. The molecule has 2 aromatic carbocycles. The number of aromatic nitrogens is 1. The van der Waals surface area contributed by atoms with Gasteiger partial charge in [0, 0.05) is 22.8 Å². The molecule has 1 aromatic heterocycles. The molecule has 0 saturated carbocycles. The Morgan fingerprint density at radius 1 is 1.05 bits per heavy atom. The molecule has 0 unspecified atom stereocenters. The monoisotopic (exact) mass is 315 g/mol. The second kappa shape index (κ2) is 5.19. The van der Waals surface area contributed by atoms with Crippen molar-refractivity contribution >= 4 is 26.8 Å². The molecule has 3 rings (SSSR count). The van der Waals surface area contributed by atoms with Crippen molar-refractivity contribution in [1.29, 1.82) is 0 Å². The van der Waals surface area contributed by atoms with Crippen LogP contribution in [0.2, 0.25) is 0 Å². The Bertz CT molecular complexity index is 718. The Morgan fingerprint density at radius 2 is 1.89 bits per heavy atom. The van der Waals surface area contributed by atoms with E-state index in [9.17, 15) is 5.11 Å². The molecule has 3 heteroatoms. The van der Waals surface area contributed by atoms with E-state index in [2.05, 4.69) is 51.0 Å². The zero-order chi connectivity index (χ0) is 13.2. The van der Waals surface area contributed by atoms with Crippen LogP contribution in [0.1, 0.15) is 11.1 Å². The van der Waals surface area contributed by atoms with E-state index in [1.54, 1.807) is 0 Å². The molecular formula is C16H14BrNO. The van der Waals surface area contributed by atoms with Crippen molar-refractivity contribution in [2.24, 2.45) is 0 Å². The van der Waals surface area contributed by atoms with Crippen LogP contribution in [0, 0.1) is 0 Å². The number of nitrogens with zero attached hydrogens (tertiary/aromatic N) is 1. The van der Waals surface area contributed by atoms with Crippen LogP contribution in [-0.4, -0.2) is 9.67 Å². The maximum atomic E-state index is 9.47. The van der Waals surface area contributed by atoms with Crippen molar-refractivity contribution in [1.82, 2.24) is 4.57 Å². The van der Waals surface area contributed by atoms with Crippen LogP contribution in [0.25, 0.3) is 10.9 Å². The highest BCUT2D eigenvalue weighted by Crippen LogP contribution is 2.22. The molecule has 1 heterocycles. The number of fused-ring (bicyclic) bond motifs is 1. The second-order valence-electron chi connectivity index (χ2n) is 4.59. The van der Waals surface area contributed by atoms with Gasteiger partial charge in [-0.2, -0.15) is 0 Å². The largest absolute Gasteiger partial charge is 0.392 e. The Kier molecular flexibility index (Phi) is 3.40. The molecule has 0 aliphatic rings. The molecule has 2 nitrogen and oxygen atoms in total. The zero-order valence-corrected chi connectivity index (χ0v) is 12.0. The Morgan fingerprint density at radius 3 is 2.68 bits per heavy atom. The molecule has 0 fully saturated rings. The van der Waals surface area contributed by atoms with Crippen molar-refractivity contribution in [3.8, 4) is 0 Å². The van der Waals surface area contributed by atoms with Crippen molar-refractivity contribution in [3.63, 3.8) is 0 Å². The van der Waals surface area contributed by atoms with Crippen molar-refractivity contribution in [2.75, 3.05) is 0 Å². The normalized spacial score (nSPS) is 11.1. The van der Waals surface area contributed by atoms with Crippen LogP contribution >= 0.6 is 15.9 Å². The summed E-state index contributed by atoms with van der Waals surface area (Å²) in [7, 11) is 0. The van der Waals surface area contributed by atoms with E-state index in [1.807, 2.05) is 24.3 Å². The molecule has 96 valence electrons. The van der Waals surface area contributed by atoms with Gasteiger partial charge in [-0.3, -0.25) is 0 Å². The van der Waals surface area contributed by atoms with Gasteiger partial charge in [-0.15, -0.1) is 0 Å². The molecule has 0 aliphatic heterocycles. The van der Waals surface area contributed by atoms with Crippen LogP contribution in [0.15, 0.2) is 59.2 Å². The Labute approximate surface area is 120 Å². The first kappa shape index (κ1) is 12.5. The summed E-state index contributed by atoms with van der Waals surface area (Å²) < 4.78 is 3.27. The molecule has 1 N–H and O–H groups in total. The number of halogens is 1. The quantitative estimate of drug-likeness (QED) is 0.778. The van der Waals surface area contributed by atoms with Crippen molar-refractivity contribution in [2.45, 2.75) is 13.2 Å². The number of rotatable bonds is 3. The molecule has 0 amide bonds. The van der Waals surface area contributed by atoms with Gasteiger partial charge in [0.15, 0.2) is 0 Å². The third-order valence-electron chi connectivity index (χ3n) is 3.28. The van der Waals surface area contributed by atoms with Gasteiger partial charge in [0.1, 0.15) is 0 Å². The van der Waals surface area contributed by atoms with Gasteiger partial charge >= 0.3 is 0 Å². The highest BCUT2D eigenvalue weighted by molar-refractivity contribution is 9.10. The summed E-state index contributed by atoms with van der Waals surface area (Å²) >= 11 is 3.49. The molecule has 19 heavy (non-hydrogen) atoms.